The van der Waals surface area contributed by atoms with Gasteiger partial charge in [-0.05, 0) is 67.8 Å². The standard InChI is InChI=1S/C27H29FN6O2/c1-4-27(2,3)30-26(36)25(20-13-15-29-16-14-20)33(17-19-9-11-21(28)12-10-19)24(35)18-34-23-8-6-5-7-22(23)31-32-34/h5-16,25H,4,17-18H2,1-3H3,(H,30,36)/t25-/m0/s1. The van der Waals surface area contributed by atoms with Crippen LogP contribution in [0.4, 0.5) is 4.39 Å². The molecule has 2 amide bonds. The molecule has 4 aromatic rings. The number of hydrogen-bond acceptors (Lipinski definition) is 5. The summed E-state index contributed by atoms with van der Waals surface area (Å²) in [5, 5.41) is 11.4. The van der Waals surface area contributed by atoms with Crippen molar-refractivity contribution in [2.24, 2.45) is 0 Å². The highest BCUT2D eigenvalue weighted by Gasteiger charge is 2.34. The number of fused-ring (bicyclic) bond motifs is 1. The highest BCUT2D eigenvalue weighted by molar-refractivity contribution is 5.89. The van der Waals surface area contributed by atoms with E-state index < -0.39 is 11.6 Å². The molecule has 0 unspecified atom stereocenters. The van der Waals surface area contributed by atoms with E-state index in [1.807, 2.05) is 45.0 Å². The number of nitrogens with one attached hydrogen (secondary N) is 1. The fourth-order valence-corrected chi connectivity index (χ4v) is 3.87. The van der Waals surface area contributed by atoms with Crippen LogP contribution in [0.5, 0.6) is 0 Å². The SMILES string of the molecule is CCC(C)(C)NC(=O)[C@H](c1ccncc1)N(Cc1ccc(F)cc1)C(=O)Cn1nnc2ccccc21. The van der Waals surface area contributed by atoms with E-state index in [4.69, 9.17) is 0 Å². The summed E-state index contributed by atoms with van der Waals surface area (Å²) in [6, 6.07) is 15.8. The normalized spacial score (nSPS) is 12.3. The van der Waals surface area contributed by atoms with Crippen molar-refractivity contribution in [3.05, 3.63) is 90.0 Å². The zero-order valence-corrected chi connectivity index (χ0v) is 20.6. The van der Waals surface area contributed by atoms with Crippen molar-refractivity contribution >= 4 is 22.8 Å². The molecule has 0 radical (unpaired) electrons. The predicted molar refractivity (Wildman–Crippen MR) is 134 cm³/mol. The number of benzene rings is 2. The number of para-hydroxylation sites is 1. The summed E-state index contributed by atoms with van der Waals surface area (Å²) in [5.74, 6) is -1.02. The number of rotatable bonds is 9. The minimum Gasteiger partial charge on any atom is -0.349 e. The molecule has 0 aliphatic rings. The highest BCUT2D eigenvalue weighted by atomic mass is 19.1. The van der Waals surface area contributed by atoms with Crippen molar-refractivity contribution in [1.82, 2.24) is 30.2 Å². The molecule has 0 saturated heterocycles. The maximum atomic E-state index is 13.8. The first-order valence-corrected chi connectivity index (χ1v) is 11.8. The number of carbonyl (C=O) groups excluding carboxylic acids is 2. The van der Waals surface area contributed by atoms with Gasteiger partial charge in [-0.15, -0.1) is 5.10 Å². The second-order valence-electron chi connectivity index (χ2n) is 9.29. The third-order valence-electron chi connectivity index (χ3n) is 6.22. The topological polar surface area (TPSA) is 93.0 Å². The molecule has 0 fully saturated rings. The first-order chi connectivity index (χ1) is 17.3. The number of hydrogen-bond donors (Lipinski definition) is 1. The van der Waals surface area contributed by atoms with Gasteiger partial charge in [-0.3, -0.25) is 14.6 Å². The van der Waals surface area contributed by atoms with Gasteiger partial charge in [-0.1, -0.05) is 36.4 Å². The van der Waals surface area contributed by atoms with Crippen LogP contribution in [0.1, 0.15) is 44.4 Å². The van der Waals surface area contributed by atoms with E-state index in [9.17, 15) is 14.0 Å². The fourth-order valence-electron chi connectivity index (χ4n) is 3.87. The van der Waals surface area contributed by atoms with Crippen LogP contribution in [0.3, 0.4) is 0 Å². The number of carbonyl (C=O) groups is 2. The van der Waals surface area contributed by atoms with Gasteiger partial charge in [0.2, 0.25) is 11.8 Å². The maximum absolute atomic E-state index is 13.8. The monoisotopic (exact) mass is 488 g/mol. The lowest BCUT2D eigenvalue weighted by Crippen LogP contribution is -2.50. The maximum Gasteiger partial charge on any atom is 0.247 e. The highest BCUT2D eigenvalue weighted by Crippen LogP contribution is 2.26. The molecule has 1 N–H and O–H groups in total. The van der Waals surface area contributed by atoms with Gasteiger partial charge in [0, 0.05) is 24.5 Å². The molecule has 0 aliphatic heterocycles. The van der Waals surface area contributed by atoms with Crippen LogP contribution in [-0.4, -0.2) is 42.2 Å². The summed E-state index contributed by atoms with van der Waals surface area (Å²) >= 11 is 0. The van der Waals surface area contributed by atoms with Gasteiger partial charge in [-0.25, -0.2) is 9.07 Å². The first kappa shape index (κ1) is 25.0. The van der Waals surface area contributed by atoms with Crippen molar-refractivity contribution in [1.29, 1.82) is 0 Å². The van der Waals surface area contributed by atoms with Crippen molar-refractivity contribution < 1.29 is 14.0 Å². The Balaban J connectivity index is 1.74. The molecular formula is C27H29FN6O2. The van der Waals surface area contributed by atoms with Gasteiger partial charge in [0.1, 0.15) is 23.9 Å². The second-order valence-corrected chi connectivity index (χ2v) is 9.29. The third-order valence-corrected chi connectivity index (χ3v) is 6.22. The number of aromatic nitrogens is 4. The van der Waals surface area contributed by atoms with E-state index in [0.29, 0.717) is 28.6 Å². The smallest absolute Gasteiger partial charge is 0.247 e. The van der Waals surface area contributed by atoms with Gasteiger partial charge in [0.05, 0.1) is 5.52 Å². The van der Waals surface area contributed by atoms with Gasteiger partial charge in [0.15, 0.2) is 0 Å². The largest absolute Gasteiger partial charge is 0.349 e. The van der Waals surface area contributed by atoms with Crippen LogP contribution in [0.15, 0.2) is 73.1 Å². The van der Waals surface area contributed by atoms with Crippen LogP contribution >= 0.6 is 0 Å². The lowest BCUT2D eigenvalue weighted by atomic mass is 9.98. The molecule has 1 atom stereocenters. The Labute approximate surface area is 209 Å². The van der Waals surface area contributed by atoms with E-state index in [2.05, 4.69) is 20.6 Å². The summed E-state index contributed by atoms with van der Waals surface area (Å²) in [4.78, 5) is 33.1. The summed E-state index contributed by atoms with van der Waals surface area (Å²) < 4.78 is 15.1. The number of amides is 2. The van der Waals surface area contributed by atoms with Crippen LogP contribution in [-0.2, 0) is 22.7 Å². The van der Waals surface area contributed by atoms with E-state index in [-0.39, 0.29) is 30.7 Å². The van der Waals surface area contributed by atoms with Crippen molar-refractivity contribution in [3.63, 3.8) is 0 Å². The number of pyridine rings is 1. The minimum absolute atomic E-state index is 0.0959. The molecule has 2 aromatic heterocycles. The molecule has 36 heavy (non-hydrogen) atoms. The molecular weight excluding hydrogens is 459 g/mol. The van der Waals surface area contributed by atoms with Crippen LogP contribution in [0.2, 0.25) is 0 Å². The van der Waals surface area contributed by atoms with E-state index in [1.54, 1.807) is 36.7 Å². The molecule has 186 valence electrons. The Morgan fingerprint density at radius 3 is 2.44 bits per heavy atom. The molecule has 2 heterocycles. The third kappa shape index (κ3) is 5.73. The van der Waals surface area contributed by atoms with Crippen molar-refractivity contribution in [2.75, 3.05) is 0 Å². The summed E-state index contributed by atoms with van der Waals surface area (Å²) in [5.41, 5.74) is 2.21. The zero-order valence-electron chi connectivity index (χ0n) is 20.6. The molecule has 0 saturated carbocycles. The van der Waals surface area contributed by atoms with Crippen LogP contribution < -0.4 is 5.32 Å². The van der Waals surface area contributed by atoms with E-state index in [1.165, 1.54) is 21.7 Å². The van der Waals surface area contributed by atoms with E-state index >= 15 is 0 Å². The van der Waals surface area contributed by atoms with Crippen LogP contribution in [0.25, 0.3) is 11.0 Å². The summed E-state index contributed by atoms with van der Waals surface area (Å²) in [6.07, 6.45) is 3.89. The Morgan fingerprint density at radius 1 is 1.06 bits per heavy atom. The lowest BCUT2D eigenvalue weighted by molar-refractivity contribution is -0.143. The minimum atomic E-state index is -0.939. The lowest BCUT2D eigenvalue weighted by Gasteiger charge is -2.34. The first-order valence-electron chi connectivity index (χ1n) is 11.8. The second kappa shape index (κ2) is 10.6. The van der Waals surface area contributed by atoms with Crippen molar-refractivity contribution in [3.8, 4) is 0 Å². The molecule has 4 rings (SSSR count). The van der Waals surface area contributed by atoms with Crippen molar-refractivity contribution in [2.45, 2.75) is 51.9 Å². The summed E-state index contributed by atoms with van der Waals surface area (Å²) in [6.45, 7) is 5.83. The van der Waals surface area contributed by atoms with Gasteiger partial charge < -0.3 is 10.2 Å². The number of nitrogens with zero attached hydrogens (tertiary/aromatic N) is 5. The Bertz CT molecular complexity index is 1340. The molecule has 8 nitrogen and oxygen atoms in total. The van der Waals surface area contributed by atoms with Gasteiger partial charge in [0.25, 0.3) is 0 Å². The number of halogens is 1. The van der Waals surface area contributed by atoms with Crippen LogP contribution in [0, 0.1) is 5.82 Å². The Hall–Kier alpha value is -4.14. The average Bonchev–Trinajstić information content (AvgIpc) is 3.28. The average molecular weight is 489 g/mol. The molecule has 0 spiro atoms. The molecule has 0 bridgehead atoms. The molecule has 9 heteroatoms. The quantitative estimate of drug-likeness (QED) is 0.384. The van der Waals surface area contributed by atoms with E-state index in [0.717, 1.165) is 0 Å². The Kier molecular flexibility index (Phi) is 7.38. The molecule has 2 aromatic carbocycles. The van der Waals surface area contributed by atoms with Gasteiger partial charge in [-0.2, -0.15) is 0 Å². The molecule has 0 aliphatic carbocycles. The predicted octanol–water partition coefficient (Wildman–Crippen LogP) is 4.04. The van der Waals surface area contributed by atoms with Gasteiger partial charge >= 0.3 is 0 Å². The Morgan fingerprint density at radius 2 is 1.75 bits per heavy atom. The fraction of sp³-hybridized carbons (Fsp3) is 0.296. The summed E-state index contributed by atoms with van der Waals surface area (Å²) in [7, 11) is 0. The zero-order chi connectivity index (χ0) is 25.7.